The lowest BCUT2D eigenvalue weighted by molar-refractivity contribution is -0.141. The summed E-state index contributed by atoms with van der Waals surface area (Å²) in [6.45, 7) is 4.64. The third kappa shape index (κ3) is 4.35. The predicted octanol–water partition coefficient (Wildman–Crippen LogP) is 7.34. The van der Waals surface area contributed by atoms with Gasteiger partial charge in [0, 0.05) is 40.3 Å². The second-order valence-corrected chi connectivity index (χ2v) is 10.8. The lowest BCUT2D eigenvalue weighted by atomic mass is 9.89. The Balaban J connectivity index is 1.29. The van der Waals surface area contributed by atoms with E-state index in [4.69, 9.17) is 14.2 Å². The van der Waals surface area contributed by atoms with Gasteiger partial charge in [0.1, 0.15) is 28.4 Å². The summed E-state index contributed by atoms with van der Waals surface area (Å²) < 4.78 is 32.2. The quantitative estimate of drug-likeness (QED) is 0.245. The van der Waals surface area contributed by atoms with Gasteiger partial charge in [-0.05, 0) is 78.8 Å². The number of halogens is 1. The van der Waals surface area contributed by atoms with E-state index >= 15 is 4.39 Å². The van der Waals surface area contributed by atoms with Gasteiger partial charge in [0.15, 0.2) is 0 Å². The highest BCUT2D eigenvalue weighted by Crippen LogP contribution is 2.45. The van der Waals surface area contributed by atoms with E-state index < -0.39 is 0 Å². The Kier molecular flexibility index (Phi) is 6.40. The second kappa shape index (κ2) is 9.87. The van der Waals surface area contributed by atoms with Crippen molar-refractivity contribution in [3.63, 3.8) is 0 Å². The topological polar surface area (TPSA) is 57.7 Å². The van der Waals surface area contributed by atoms with Gasteiger partial charge in [-0.3, -0.25) is 4.79 Å². The molecule has 4 aromatic rings. The molecule has 0 spiro atoms. The van der Waals surface area contributed by atoms with Gasteiger partial charge in [-0.25, -0.2) is 9.37 Å². The summed E-state index contributed by atoms with van der Waals surface area (Å²) in [5.74, 6) is 0.799. The van der Waals surface area contributed by atoms with Crippen LogP contribution in [-0.2, 0) is 16.0 Å². The van der Waals surface area contributed by atoms with Crippen molar-refractivity contribution >= 4 is 17.3 Å². The van der Waals surface area contributed by atoms with E-state index in [0.717, 1.165) is 50.4 Å². The highest BCUT2D eigenvalue weighted by Gasteiger charge is 2.32. The van der Waals surface area contributed by atoms with Crippen LogP contribution in [0.4, 0.5) is 4.39 Å². The number of rotatable bonds is 6. The first kappa shape index (κ1) is 24.6. The van der Waals surface area contributed by atoms with Gasteiger partial charge in [0.2, 0.25) is 0 Å². The Morgan fingerprint density at radius 2 is 1.97 bits per heavy atom. The van der Waals surface area contributed by atoms with Crippen LogP contribution in [0.5, 0.6) is 11.5 Å². The number of ether oxygens (including phenoxy) is 3. The predicted molar refractivity (Wildman–Crippen MR) is 145 cm³/mol. The Hall–Kier alpha value is -3.71. The first-order chi connectivity index (χ1) is 18.4. The second-order valence-electron chi connectivity index (χ2n) is 9.94. The van der Waals surface area contributed by atoms with Crippen molar-refractivity contribution in [2.75, 3.05) is 13.7 Å². The van der Waals surface area contributed by atoms with Gasteiger partial charge < -0.3 is 14.2 Å². The van der Waals surface area contributed by atoms with Crippen LogP contribution < -0.4 is 9.47 Å². The van der Waals surface area contributed by atoms with Crippen LogP contribution in [0.25, 0.3) is 21.7 Å². The highest BCUT2D eigenvalue weighted by molar-refractivity contribution is 7.13. The molecule has 5 nitrogen and oxygen atoms in total. The van der Waals surface area contributed by atoms with E-state index in [0.29, 0.717) is 30.1 Å². The molecular formula is C31H28FNO4S. The summed E-state index contributed by atoms with van der Waals surface area (Å²) in [4.78, 5) is 16.2. The molecule has 6 rings (SSSR count). The number of aryl methyl sites for hydroxylation is 2. The normalized spacial score (nSPS) is 17.6. The molecule has 0 fully saturated rings. The van der Waals surface area contributed by atoms with Crippen molar-refractivity contribution in [3.8, 4) is 33.2 Å². The maximum atomic E-state index is 15.3. The average Bonchev–Trinajstić information content (AvgIpc) is 3.66. The van der Waals surface area contributed by atoms with E-state index in [2.05, 4.69) is 31.0 Å². The minimum atomic E-state index is -0.384. The van der Waals surface area contributed by atoms with Crippen LogP contribution in [-0.4, -0.2) is 24.7 Å². The van der Waals surface area contributed by atoms with Gasteiger partial charge in [-0.1, -0.05) is 12.1 Å². The number of carbonyl (C=O) groups is 1. The summed E-state index contributed by atoms with van der Waals surface area (Å²) in [6, 6.07) is 13.5. The number of esters is 1. The van der Waals surface area contributed by atoms with E-state index in [1.54, 1.807) is 17.4 Å². The van der Waals surface area contributed by atoms with Crippen LogP contribution in [0.3, 0.4) is 0 Å². The smallest absolute Gasteiger partial charge is 0.306 e. The Labute approximate surface area is 225 Å². The fourth-order valence-electron chi connectivity index (χ4n) is 5.85. The fourth-order valence-corrected chi connectivity index (χ4v) is 6.48. The zero-order valence-electron chi connectivity index (χ0n) is 21.5. The number of hydrogen-bond acceptors (Lipinski definition) is 6. The number of methoxy groups -OCH3 is 1. The van der Waals surface area contributed by atoms with Gasteiger partial charge in [-0.2, -0.15) is 0 Å². The minimum Gasteiger partial charge on any atom is -0.492 e. The van der Waals surface area contributed by atoms with Crippen molar-refractivity contribution in [2.45, 2.75) is 45.1 Å². The highest BCUT2D eigenvalue weighted by atomic mass is 32.1. The van der Waals surface area contributed by atoms with Crippen molar-refractivity contribution < 1.29 is 23.4 Å². The first-order valence-corrected chi connectivity index (χ1v) is 13.6. The third-order valence-electron chi connectivity index (χ3n) is 7.55. The molecule has 38 heavy (non-hydrogen) atoms. The summed E-state index contributed by atoms with van der Waals surface area (Å²) in [7, 11) is 1.39. The zero-order chi connectivity index (χ0) is 26.4. The standard InChI is InChI=1S/C31H28FNO4S/c1-17-12-19(31-33-10-11-38-31)13-18(2)29(17)23-6-8-25(32)30-24(23)7-9-26(30)37-21-4-5-22-20(14-28(34)35-3)16-36-27(22)15-21/h4-6,8,10-13,15,20,26H,7,9,14,16H2,1-3H3/t20?,26-/m1/s1. The van der Waals surface area contributed by atoms with E-state index in [9.17, 15) is 4.79 Å². The van der Waals surface area contributed by atoms with Crippen LogP contribution in [0.15, 0.2) is 54.0 Å². The van der Waals surface area contributed by atoms with Gasteiger partial charge in [0.25, 0.3) is 0 Å². The van der Waals surface area contributed by atoms with Crippen LogP contribution in [0.1, 0.15) is 52.7 Å². The molecule has 1 aliphatic heterocycles. The van der Waals surface area contributed by atoms with E-state index in [1.807, 2.05) is 35.8 Å². The molecule has 0 saturated heterocycles. The summed E-state index contributed by atoms with van der Waals surface area (Å²) >= 11 is 1.62. The Morgan fingerprint density at radius 1 is 1.16 bits per heavy atom. The molecule has 0 saturated carbocycles. The number of hydrogen-bond donors (Lipinski definition) is 0. The minimum absolute atomic E-state index is 0.0350. The summed E-state index contributed by atoms with van der Waals surface area (Å²) in [5, 5.41) is 2.98. The maximum absolute atomic E-state index is 15.3. The molecule has 1 unspecified atom stereocenters. The molecule has 1 aromatic heterocycles. The van der Waals surface area contributed by atoms with E-state index in [-0.39, 0.29) is 30.2 Å². The number of fused-ring (bicyclic) bond motifs is 2. The molecular weight excluding hydrogens is 501 g/mol. The van der Waals surface area contributed by atoms with E-state index in [1.165, 1.54) is 7.11 Å². The number of thiazole rings is 1. The monoisotopic (exact) mass is 529 g/mol. The number of nitrogens with zero attached hydrogens (tertiary/aromatic N) is 1. The Bertz CT molecular complexity index is 1510. The van der Waals surface area contributed by atoms with Crippen molar-refractivity contribution in [2.24, 2.45) is 0 Å². The molecule has 0 N–H and O–H groups in total. The molecule has 0 bridgehead atoms. The number of benzene rings is 3. The maximum Gasteiger partial charge on any atom is 0.306 e. The lowest BCUT2D eigenvalue weighted by Crippen LogP contribution is -2.09. The lowest BCUT2D eigenvalue weighted by Gasteiger charge is -2.19. The van der Waals surface area contributed by atoms with Gasteiger partial charge in [0.05, 0.1) is 20.1 Å². The SMILES string of the molecule is COC(=O)CC1COc2cc(O[C@@H]3CCc4c(-c5c(C)cc(-c6nccs6)cc5C)ccc(F)c43)ccc21. The molecule has 3 aromatic carbocycles. The molecule has 1 aliphatic carbocycles. The molecule has 7 heteroatoms. The molecule has 194 valence electrons. The van der Waals surface area contributed by atoms with Crippen LogP contribution in [0, 0.1) is 19.7 Å². The number of carbonyl (C=O) groups excluding carboxylic acids is 1. The average molecular weight is 530 g/mol. The summed E-state index contributed by atoms with van der Waals surface area (Å²) in [6.07, 6.45) is 3.14. The van der Waals surface area contributed by atoms with Crippen molar-refractivity contribution in [3.05, 3.63) is 87.7 Å². The first-order valence-electron chi connectivity index (χ1n) is 12.8. The van der Waals surface area contributed by atoms with Crippen LogP contribution >= 0.6 is 11.3 Å². The molecule has 2 heterocycles. The third-order valence-corrected chi connectivity index (χ3v) is 8.37. The summed E-state index contributed by atoms with van der Waals surface area (Å²) in [5.41, 5.74) is 8.22. The molecule has 0 radical (unpaired) electrons. The molecule has 2 atom stereocenters. The van der Waals surface area contributed by atoms with Crippen molar-refractivity contribution in [1.82, 2.24) is 4.98 Å². The zero-order valence-corrected chi connectivity index (χ0v) is 22.4. The number of aromatic nitrogens is 1. The Morgan fingerprint density at radius 3 is 2.71 bits per heavy atom. The largest absolute Gasteiger partial charge is 0.492 e. The van der Waals surface area contributed by atoms with Gasteiger partial charge >= 0.3 is 5.97 Å². The van der Waals surface area contributed by atoms with Gasteiger partial charge in [-0.15, -0.1) is 11.3 Å². The molecule has 0 amide bonds. The van der Waals surface area contributed by atoms with Crippen molar-refractivity contribution in [1.29, 1.82) is 0 Å². The fraction of sp³-hybridized carbons (Fsp3) is 0.290. The molecule has 2 aliphatic rings. The van der Waals surface area contributed by atoms with Crippen LogP contribution in [0.2, 0.25) is 0 Å².